The number of nitrogens with one attached hydrogen (secondary N) is 2. The lowest BCUT2D eigenvalue weighted by molar-refractivity contribution is -0.385. The van der Waals surface area contributed by atoms with Crippen LogP contribution in [-0.2, 0) is 38.1 Å². The molecule has 1 aliphatic carbocycles. The molecular weight excluding hydrogens is 1020 g/mol. The maximum atomic E-state index is 13.5. The second kappa shape index (κ2) is 22.2. The van der Waals surface area contributed by atoms with Crippen LogP contribution in [0.4, 0.5) is 11.4 Å². The summed E-state index contributed by atoms with van der Waals surface area (Å²) < 4.78 is 58.5. The number of nitro groups is 1. The maximum absolute atomic E-state index is 13.5. The number of benzene rings is 4. The number of nitrogens with two attached hydrogens (primary N) is 1. The fourth-order valence-electron chi connectivity index (χ4n) is 7.69. The van der Waals surface area contributed by atoms with E-state index in [4.69, 9.17) is 24.7 Å². The number of ether oxygens (including phenoxy) is 1. The Hall–Kier alpha value is -6.65. The number of phosphoric acid groups is 3. The third kappa shape index (κ3) is 13.5. The first kappa shape index (κ1) is 54.1. The number of phosphoric ester groups is 1. The molecule has 9 N–H and O–H groups in total. The SMILES string of the molecule is CCN=c1ccc2c(-c3cc(C(=O)NCC#Cc4ccc(CN=C5C=CN([C@H]6C[C@@H](O)[C@@H](COP(=O)(O)OP(=O)(O)OP(=O)(O)O)O6)C(N)N5)c([N+](=O)[O-])c4)ccc3C(=O)[O-])c3ccc(N(C)C)cc3oc-2c1. The summed E-state index contributed by atoms with van der Waals surface area (Å²) in [5.41, 5.74) is 9.00. The van der Waals surface area contributed by atoms with Crippen LogP contribution in [0.3, 0.4) is 0 Å². The van der Waals surface area contributed by atoms with Crippen LogP contribution in [0.25, 0.3) is 33.4 Å². The first-order valence-corrected chi connectivity index (χ1v) is 26.2. The van der Waals surface area contributed by atoms with Gasteiger partial charge in [0.2, 0.25) is 0 Å². The van der Waals surface area contributed by atoms with Crippen molar-refractivity contribution in [2.75, 3.05) is 38.7 Å². The van der Waals surface area contributed by atoms with Gasteiger partial charge in [0.25, 0.3) is 11.6 Å². The zero-order valence-electron chi connectivity index (χ0n) is 38.6. The molecule has 0 saturated carbocycles. The van der Waals surface area contributed by atoms with Crippen molar-refractivity contribution in [2.45, 2.75) is 44.6 Å². The Morgan fingerprint density at radius 2 is 1.77 bits per heavy atom. The predicted molar refractivity (Wildman–Crippen MR) is 258 cm³/mol. The van der Waals surface area contributed by atoms with E-state index >= 15 is 0 Å². The number of nitro benzene ring substituents is 1. The number of aliphatic imine (C=N–C) groups is 1. The lowest BCUT2D eigenvalue weighted by atomic mass is 9.89. The number of aliphatic hydroxyl groups is 1. The summed E-state index contributed by atoms with van der Waals surface area (Å²) in [6.07, 6.45) is -1.86. The number of fused-ring (bicyclic) bond motifs is 2. The number of amides is 1. The molecule has 1 fully saturated rings. The number of nitrogens with zero attached hydrogens (tertiary/aromatic N) is 5. The molecule has 29 heteroatoms. The highest BCUT2D eigenvalue weighted by Crippen LogP contribution is 2.66. The Bertz CT molecular complexity index is 3300. The average Bonchev–Trinajstić information content (AvgIpc) is 3.68. The van der Waals surface area contributed by atoms with Crippen LogP contribution >= 0.6 is 23.5 Å². The van der Waals surface area contributed by atoms with Crippen LogP contribution in [0.1, 0.15) is 45.2 Å². The summed E-state index contributed by atoms with van der Waals surface area (Å²) in [7, 11) is -13.1. The Kier molecular flexibility index (Phi) is 16.5. The van der Waals surface area contributed by atoms with Crippen molar-refractivity contribution in [1.29, 1.82) is 0 Å². The fraction of sp³-hybridized carbons (Fsp3) is 0.273. The number of carbonyl (C=O) groups excluding carboxylic acids is 2. The predicted octanol–water partition coefficient (Wildman–Crippen LogP) is 2.62. The van der Waals surface area contributed by atoms with E-state index in [1.807, 2.05) is 44.1 Å². The number of aliphatic hydroxyl groups excluding tert-OH is 1. The third-order valence-electron chi connectivity index (χ3n) is 11.0. The Balaban J connectivity index is 1.00. The van der Waals surface area contributed by atoms with E-state index in [0.29, 0.717) is 39.8 Å². The minimum atomic E-state index is -5.76. The molecule has 0 radical (unpaired) electrons. The van der Waals surface area contributed by atoms with Crippen molar-refractivity contribution in [3.8, 4) is 34.3 Å². The molecule has 73 heavy (non-hydrogen) atoms. The summed E-state index contributed by atoms with van der Waals surface area (Å²) >= 11 is 0. The summed E-state index contributed by atoms with van der Waals surface area (Å²) in [5, 5.41) is 42.0. The summed E-state index contributed by atoms with van der Waals surface area (Å²) in [6, 6.07) is 19.2. The molecule has 0 spiro atoms. The van der Waals surface area contributed by atoms with Crippen molar-refractivity contribution < 1.29 is 80.3 Å². The minimum absolute atomic E-state index is 0.121. The maximum Gasteiger partial charge on any atom is 0.490 e. The van der Waals surface area contributed by atoms with E-state index in [2.05, 4.69) is 45.6 Å². The fourth-order valence-corrected chi connectivity index (χ4v) is 10.7. The highest BCUT2D eigenvalue weighted by molar-refractivity contribution is 7.66. The highest BCUT2D eigenvalue weighted by Gasteiger charge is 2.44. The third-order valence-corrected chi connectivity index (χ3v) is 14.8. The highest BCUT2D eigenvalue weighted by atomic mass is 31.3. The van der Waals surface area contributed by atoms with Gasteiger partial charge < -0.3 is 64.2 Å². The smallest absolute Gasteiger partial charge is 0.490 e. The second-order valence-corrected chi connectivity index (χ2v) is 20.6. The Morgan fingerprint density at radius 3 is 2.45 bits per heavy atom. The van der Waals surface area contributed by atoms with Crippen molar-refractivity contribution >= 4 is 63.5 Å². The average molecular weight is 1070 g/mol. The zero-order valence-corrected chi connectivity index (χ0v) is 41.3. The van der Waals surface area contributed by atoms with Crippen molar-refractivity contribution in [3.63, 3.8) is 0 Å². The van der Waals surface area contributed by atoms with Gasteiger partial charge in [0.05, 0.1) is 47.6 Å². The van der Waals surface area contributed by atoms with Gasteiger partial charge in [0.15, 0.2) is 6.29 Å². The zero-order chi connectivity index (χ0) is 53.0. The summed E-state index contributed by atoms with van der Waals surface area (Å²) in [6.45, 7) is 1.17. The first-order valence-electron chi connectivity index (χ1n) is 21.6. The van der Waals surface area contributed by atoms with Gasteiger partial charge in [-0.05, 0) is 67.1 Å². The molecule has 386 valence electrons. The van der Waals surface area contributed by atoms with E-state index < -0.39 is 71.6 Å². The van der Waals surface area contributed by atoms with Crippen molar-refractivity contribution in [3.05, 3.63) is 123 Å². The summed E-state index contributed by atoms with van der Waals surface area (Å²) in [4.78, 5) is 86.3. The van der Waals surface area contributed by atoms with Gasteiger partial charge in [-0.1, -0.05) is 17.9 Å². The first-order chi connectivity index (χ1) is 34.4. The number of carboxylic acid groups (broad SMARTS) is 1. The van der Waals surface area contributed by atoms with Crippen LogP contribution in [0, 0.1) is 22.0 Å². The van der Waals surface area contributed by atoms with Gasteiger partial charge in [0.1, 0.15) is 29.5 Å². The van der Waals surface area contributed by atoms with E-state index in [9.17, 15) is 53.4 Å². The number of anilines is 1. The van der Waals surface area contributed by atoms with Gasteiger partial charge in [-0.2, -0.15) is 8.62 Å². The Labute approximate surface area is 414 Å². The number of amidine groups is 1. The number of aromatic carboxylic acids is 1. The molecule has 7 rings (SSSR count). The molecule has 3 aliphatic heterocycles. The van der Waals surface area contributed by atoms with Gasteiger partial charge in [-0.3, -0.25) is 35.2 Å². The molecule has 0 bridgehead atoms. The van der Waals surface area contributed by atoms with E-state index in [1.165, 1.54) is 53.6 Å². The molecule has 6 atom stereocenters. The van der Waals surface area contributed by atoms with Gasteiger partial charge in [-0.25, -0.2) is 13.7 Å². The Morgan fingerprint density at radius 1 is 1.00 bits per heavy atom. The van der Waals surface area contributed by atoms with E-state index in [0.717, 1.165) is 5.69 Å². The number of carbonyl (C=O) groups is 2. The largest absolute Gasteiger partial charge is 0.545 e. The van der Waals surface area contributed by atoms with Crippen LogP contribution in [0.2, 0.25) is 0 Å². The van der Waals surface area contributed by atoms with Gasteiger partial charge >= 0.3 is 23.5 Å². The number of rotatable bonds is 17. The minimum Gasteiger partial charge on any atom is -0.545 e. The molecule has 3 heterocycles. The molecule has 3 aromatic carbocycles. The lowest BCUT2D eigenvalue weighted by Crippen LogP contribution is -2.57. The van der Waals surface area contributed by atoms with Crippen LogP contribution < -0.4 is 31.7 Å². The van der Waals surface area contributed by atoms with Crippen molar-refractivity contribution in [2.24, 2.45) is 15.7 Å². The number of carboxylic acids is 1. The van der Waals surface area contributed by atoms with E-state index in [-0.39, 0.29) is 58.9 Å². The van der Waals surface area contributed by atoms with Crippen LogP contribution in [0.5, 0.6) is 0 Å². The summed E-state index contributed by atoms with van der Waals surface area (Å²) in [5.74, 6) is 4.21. The monoisotopic (exact) mass is 1070 g/mol. The quantitative estimate of drug-likeness (QED) is 0.0218. The second-order valence-electron chi connectivity index (χ2n) is 16.2. The number of hydrogen-bond acceptors (Lipinski definition) is 19. The molecule has 4 aliphatic rings. The molecule has 0 aromatic heterocycles. The topological polar surface area (TPSA) is 384 Å². The van der Waals surface area contributed by atoms with Crippen LogP contribution in [-0.4, -0.2) is 111 Å². The molecule has 3 aromatic rings. The molecule has 26 nitrogen and oxygen atoms in total. The lowest BCUT2D eigenvalue weighted by Gasteiger charge is -2.36. The molecule has 1 amide bonds. The van der Waals surface area contributed by atoms with Gasteiger partial charge in [-0.15, -0.1) is 0 Å². The standard InChI is InChI=1S/C44H47N8O18P3/c1-4-46-28-10-13-31-36(20-28)67-37-21-29(50(2)3)11-14-32(37)41(31)33-19-26(9-12-30(33)43(55)56)42(54)47-16-5-6-25-7-8-27(34(18-25)52(57)58)23-48-39-15-17-51(44(45)49-39)40-22-35(53)38(68-40)24-66-72(62,63)70-73(64,65)69-71(59,60)61/h7-15,17-21,35,38,40,44,53H,4,16,22-24,45H2,1-3H3,(H,47,54)(H,48,49)(H,55,56)(H,62,63)(H,64,65)(H2,59,60,61)/p-1/t35-,38-,40-,44?/m1/s1. The molecular formula is C44H46N8O18P3-. The number of hydrogen-bond donors (Lipinski definition) is 8. The molecule has 1 saturated heterocycles. The normalized spacial score (nSPS) is 20.3. The van der Waals surface area contributed by atoms with Crippen molar-refractivity contribution in [1.82, 2.24) is 15.5 Å². The van der Waals surface area contributed by atoms with E-state index in [1.54, 1.807) is 18.2 Å². The molecule has 3 unspecified atom stereocenters. The van der Waals surface area contributed by atoms with Gasteiger partial charge in [0, 0.05) is 90.4 Å². The van der Waals surface area contributed by atoms with Crippen LogP contribution in [0.15, 0.2) is 99.5 Å².